The van der Waals surface area contributed by atoms with Crippen molar-refractivity contribution in [1.82, 2.24) is 10.2 Å². The average Bonchev–Trinajstić information content (AvgIpc) is 2.79. The molecule has 6 heteroatoms. The zero-order valence-electron chi connectivity index (χ0n) is 9.83. The molecule has 0 atom stereocenters. The van der Waals surface area contributed by atoms with Gasteiger partial charge in [0.05, 0.1) is 16.9 Å². The van der Waals surface area contributed by atoms with Gasteiger partial charge in [0.15, 0.2) is 0 Å². The van der Waals surface area contributed by atoms with Crippen molar-refractivity contribution in [3.63, 3.8) is 0 Å². The van der Waals surface area contributed by atoms with Crippen molar-refractivity contribution in [2.24, 2.45) is 0 Å². The van der Waals surface area contributed by atoms with Gasteiger partial charge in [-0.05, 0) is 24.6 Å². The number of H-pyrrole nitrogens is 1. The first-order valence-electron chi connectivity index (χ1n) is 5.50. The summed E-state index contributed by atoms with van der Waals surface area (Å²) in [5.74, 6) is 0.353. The molecule has 1 aromatic heterocycles. The van der Waals surface area contributed by atoms with Crippen LogP contribution >= 0.6 is 11.6 Å². The van der Waals surface area contributed by atoms with Crippen LogP contribution in [0.4, 0.5) is 11.5 Å². The number of nitrogen functional groups attached to an aromatic ring is 1. The zero-order chi connectivity index (χ0) is 13.1. The molecule has 18 heavy (non-hydrogen) atoms. The van der Waals surface area contributed by atoms with E-state index in [0.29, 0.717) is 22.1 Å². The van der Waals surface area contributed by atoms with Gasteiger partial charge in [-0.25, -0.2) is 0 Å². The lowest BCUT2D eigenvalue weighted by Crippen LogP contribution is -2.13. The topological polar surface area (TPSA) is 83.8 Å². The van der Waals surface area contributed by atoms with Gasteiger partial charge in [-0.15, -0.1) is 0 Å². The monoisotopic (exact) mass is 264 g/mol. The third-order valence-corrected chi connectivity index (χ3v) is 2.93. The molecule has 1 aromatic carbocycles. The largest absolute Gasteiger partial charge is 0.398 e. The van der Waals surface area contributed by atoms with Crippen molar-refractivity contribution in [2.45, 2.75) is 13.3 Å². The van der Waals surface area contributed by atoms with E-state index < -0.39 is 0 Å². The molecule has 0 aliphatic carbocycles. The number of carbonyl (C=O) groups is 1. The third-order valence-electron chi connectivity index (χ3n) is 2.60. The molecule has 0 saturated heterocycles. The van der Waals surface area contributed by atoms with E-state index in [4.69, 9.17) is 17.3 Å². The Bertz CT molecular complexity index is 579. The molecule has 94 valence electrons. The van der Waals surface area contributed by atoms with E-state index in [0.717, 1.165) is 12.0 Å². The normalized spacial score (nSPS) is 10.3. The van der Waals surface area contributed by atoms with E-state index in [2.05, 4.69) is 15.5 Å². The maximum absolute atomic E-state index is 12.0. The SMILES string of the molecule is CCc1cn[nH]c1NC(=O)c1ccc(N)c(Cl)c1. The lowest BCUT2D eigenvalue weighted by Gasteiger charge is -2.06. The van der Waals surface area contributed by atoms with E-state index >= 15 is 0 Å². The maximum atomic E-state index is 12.0. The van der Waals surface area contributed by atoms with Crippen molar-refractivity contribution in [2.75, 3.05) is 11.1 Å². The van der Waals surface area contributed by atoms with Gasteiger partial charge in [-0.3, -0.25) is 9.89 Å². The lowest BCUT2D eigenvalue weighted by molar-refractivity contribution is 0.102. The molecule has 0 saturated carbocycles. The Morgan fingerprint density at radius 2 is 2.33 bits per heavy atom. The van der Waals surface area contributed by atoms with Crippen molar-refractivity contribution in [1.29, 1.82) is 0 Å². The van der Waals surface area contributed by atoms with Crippen LogP contribution in [0.5, 0.6) is 0 Å². The number of aromatic amines is 1. The summed E-state index contributed by atoms with van der Waals surface area (Å²) >= 11 is 5.87. The Morgan fingerprint density at radius 3 is 3.00 bits per heavy atom. The number of aryl methyl sites for hydroxylation is 1. The standard InChI is InChI=1S/C12H13ClN4O/c1-2-7-6-15-17-11(7)16-12(18)8-3-4-10(14)9(13)5-8/h3-6H,2,14H2,1H3,(H2,15,16,17,18). The van der Waals surface area contributed by atoms with Crippen LogP contribution in [0.1, 0.15) is 22.8 Å². The molecule has 4 N–H and O–H groups in total. The van der Waals surface area contributed by atoms with E-state index in [1.165, 1.54) is 6.07 Å². The van der Waals surface area contributed by atoms with Crippen molar-refractivity contribution in [3.05, 3.63) is 40.5 Å². The number of nitrogens with two attached hydrogens (primary N) is 1. The summed E-state index contributed by atoms with van der Waals surface area (Å²) in [6.45, 7) is 1.99. The smallest absolute Gasteiger partial charge is 0.256 e. The highest BCUT2D eigenvalue weighted by Gasteiger charge is 2.11. The van der Waals surface area contributed by atoms with E-state index in [1.54, 1.807) is 18.3 Å². The van der Waals surface area contributed by atoms with E-state index in [1.807, 2.05) is 6.92 Å². The Morgan fingerprint density at radius 1 is 1.56 bits per heavy atom. The van der Waals surface area contributed by atoms with Gasteiger partial charge >= 0.3 is 0 Å². The molecule has 2 aromatic rings. The first-order valence-corrected chi connectivity index (χ1v) is 5.88. The Hall–Kier alpha value is -2.01. The second-order valence-corrected chi connectivity index (χ2v) is 4.22. The fraction of sp³-hybridized carbons (Fsp3) is 0.167. The zero-order valence-corrected chi connectivity index (χ0v) is 10.6. The molecule has 1 heterocycles. The van der Waals surface area contributed by atoms with Gasteiger partial charge in [-0.2, -0.15) is 5.10 Å². The second-order valence-electron chi connectivity index (χ2n) is 3.81. The summed E-state index contributed by atoms with van der Waals surface area (Å²) in [6, 6.07) is 4.76. The number of nitrogens with one attached hydrogen (secondary N) is 2. The van der Waals surface area contributed by atoms with E-state index in [9.17, 15) is 4.79 Å². The third kappa shape index (κ3) is 2.46. The highest BCUT2D eigenvalue weighted by atomic mass is 35.5. The van der Waals surface area contributed by atoms with Gasteiger partial charge in [0.2, 0.25) is 0 Å². The molecule has 0 aliphatic heterocycles. The quantitative estimate of drug-likeness (QED) is 0.745. The van der Waals surface area contributed by atoms with Crippen molar-refractivity contribution < 1.29 is 4.79 Å². The highest BCUT2D eigenvalue weighted by molar-refractivity contribution is 6.33. The Balaban J connectivity index is 2.19. The number of benzene rings is 1. The minimum Gasteiger partial charge on any atom is -0.398 e. The molecular formula is C12H13ClN4O. The number of anilines is 2. The minimum absolute atomic E-state index is 0.254. The number of aromatic nitrogens is 2. The summed E-state index contributed by atoms with van der Waals surface area (Å²) < 4.78 is 0. The highest BCUT2D eigenvalue weighted by Crippen LogP contribution is 2.20. The van der Waals surface area contributed by atoms with Crippen molar-refractivity contribution >= 4 is 29.0 Å². The molecular weight excluding hydrogens is 252 g/mol. The molecule has 1 amide bonds. The number of nitrogens with zero attached hydrogens (tertiary/aromatic N) is 1. The van der Waals surface area contributed by atoms with Crippen LogP contribution in [0.2, 0.25) is 5.02 Å². The van der Waals surface area contributed by atoms with Gasteiger partial charge < -0.3 is 11.1 Å². The van der Waals surface area contributed by atoms with Gasteiger partial charge in [0.1, 0.15) is 5.82 Å². The number of hydrogen-bond donors (Lipinski definition) is 3. The van der Waals surface area contributed by atoms with Crippen LogP contribution in [-0.4, -0.2) is 16.1 Å². The summed E-state index contributed by atoms with van der Waals surface area (Å²) in [7, 11) is 0. The fourth-order valence-electron chi connectivity index (χ4n) is 1.54. The summed E-state index contributed by atoms with van der Waals surface area (Å²) in [4.78, 5) is 12.0. The van der Waals surface area contributed by atoms with E-state index in [-0.39, 0.29) is 5.91 Å². The number of hydrogen-bond acceptors (Lipinski definition) is 3. The Labute approximate surface area is 109 Å². The molecule has 0 aliphatic rings. The predicted octanol–water partition coefficient (Wildman–Crippen LogP) is 2.46. The molecule has 0 bridgehead atoms. The summed E-state index contributed by atoms with van der Waals surface area (Å²) in [5.41, 5.74) is 7.44. The lowest BCUT2D eigenvalue weighted by atomic mass is 10.2. The van der Waals surface area contributed by atoms with Crippen LogP contribution in [0.15, 0.2) is 24.4 Å². The predicted molar refractivity (Wildman–Crippen MR) is 71.8 cm³/mol. The van der Waals surface area contributed by atoms with Crippen LogP contribution in [0.3, 0.4) is 0 Å². The molecule has 0 unspecified atom stereocenters. The van der Waals surface area contributed by atoms with Gasteiger partial charge in [0.25, 0.3) is 5.91 Å². The van der Waals surface area contributed by atoms with Gasteiger partial charge in [0, 0.05) is 11.1 Å². The van der Waals surface area contributed by atoms with Crippen LogP contribution in [-0.2, 0) is 6.42 Å². The summed E-state index contributed by atoms with van der Waals surface area (Å²) in [6.07, 6.45) is 2.47. The first kappa shape index (κ1) is 12.4. The van der Waals surface area contributed by atoms with Crippen LogP contribution in [0, 0.1) is 0 Å². The Kier molecular flexibility index (Phi) is 3.53. The first-order chi connectivity index (χ1) is 8.61. The molecule has 2 rings (SSSR count). The number of amides is 1. The molecule has 0 radical (unpaired) electrons. The average molecular weight is 265 g/mol. The number of halogens is 1. The molecule has 0 spiro atoms. The molecule has 0 fully saturated rings. The minimum atomic E-state index is -0.254. The van der Waals surface area contributed by atoms with Crippen LogP contribution in [0.25, 0.3) is 0 Å². The maximum Gasteiger partial charge on any atom is 0.256 e. The van der Waals surface area contributed by atoms with Crippen molar-refractivity contribution in [3.8, 4) is 0 Å². The summed E-state index contributed by atoms with van der Waals surface area (Å²) in [5, 5.41) is 9.74. The van der Waals surface area contributed by atoms with Gasteiger partial charge in [-0.1, -0.05) is 18.5 Å². The number of carbonyl (C=O) groups excluding carboxylic acids is 1. The second kappa shape index (κ2) is 5.10. The van der Waals surface area contributed by atoms with Crippen LogP contribution < -0.4 is 11.1 Å². The fourth-order valence-corrected chi connectivity index (χ4v) is 1.72. The molecule has 5 nitrogen and oxygen atoms in total. The number of rotatable bonds is 3.